The molecule has 0 rings (SSSR count). The van der Waals surface area contributed by atoms with E-state index < -0.39 is 5.54 Å². The summed E-state index contributed by atoms with van der Waals surface area (Å²) in [4.78, 5) is 0. The van der Waals surface area contributed by atoms with E-state index in [-0.39, 0.29) is 6.61 Å². The summed E-state index contributed by atoms with van der Waals surface area (Å²) in [5.41, 5.74) is 5.53. The Hall–Kier alpha value is -0.0800. The molecule has 0 aliphatic heterocycles. The summed E-state index contributed by atoms with van der Waals surface area (Å²) in [5, 5.41) is 9.00. The Balaban J connectivity index is 4.23. The Kier molecular flexibility index (Phi) is 3.33. The summed E-state index contributed by atoms with van der Waals surface area (Å²) in [6, 6.07) is 0. The van der Waals surface area contributed by atoms with Crippen LogP contribution in [0.25, 0.3) is 0 Å². The van der Waals surface area contributed by atoms with Crippen LogP contribution in [0.2, 0.25) is 0 Å². The molecule has 0 radical (unpaired) electrons. The molecule has 0 aromatic carbocycles. The monoisotopic (exact) mass is 145 g/mol. The van der Waals surface area contributed by atoms with Crippen molar-refractivity contribution in [1.82, 2.24) is 0 Å². The summed E-state index contributed by atoms with van der Waals surface area (Å²) in [5.74, 6) is 0.662. The van der Waals surface area contributed by atoms with Gasteiger partial charge in [0.15, 0.2) is 0 Å². The molecule has 10 heavy (non-hydrogen) atoms. The van der Waals surface area contributed by atoms with Gasteiger partial charge in [-0.1, -0.05) is 27.7 Å². The van der Waals surface area contributed by atoms with Crippen LogP contribution in [0.3, 0.4) is 0 Å². The Morgan fingerprint density at radius 1 is 1.20 bits per heavy atom. The number of aliphatic hydroxyl groups excluding tert-OH is 1. The number of hydrogen-bond donors (Lipinski definition) is 2. The molecule has 0 amide bonds. The Morgan fingerprint density at radius 3 is 1.50 bits per heavy atom. The molecule has 0 unspecified atom stereocenters. The molecule has 0 aliphatic rings. The van der Waals surface area contributed by atoms with E-state index in [2.05, 4.69) is 0 Å². The van der Waals surface area contributed by atoms with E-state index in [1.54, 1.807) is 0 Å². The van der Waals surface area contributed by atoms with Crippen molar-refractivity contribution in [2.45, 2.75) is 33.2 Å². The zero-order valence-electron chi connectivity index (χ0n) is 7.39. The lowest BCUT2D eigenvalue weighted by Crippen LogP contribution is -2.53. The molecule has 62 valence electrons. The molecule has 0 spiro atoms. The van der Waals surface area contributed by atoms with Gasteiger partial charge in [-0.15, -0.1) is 0 Å². The average molecular weight is 145 g/mol. The standard InChI is InChI=1S/C8H19NO/c1-6(2)8(9,5-10)7(3)4/h6-7,10H,5,9H2,1-4H3. The first-order chi connectivity index (χ1) is 4.45. The molecular formula is C8H19NO. The highest BCUT2D eigenvalue weighted by Gasteiger charge is 2.31. The summed E-state index contributed by atoms with van der Waals surface area (Å²) >= 11 is 0. The van der Waals surface area contributed by atoms with Crippen molar-refractivity contribution in [3.63, 3.8) is 0 Å². The molecular weight excluding hydrogens is 126 g/mol. The SMILES string of the molecule is CC(C)C(N)(CO)C(C)C. The second-order valence-corrected chi connectivity index (χ2v) is 3.58. The van der Waals surface area contributed by atoms with Crippen LogP contribution in [-0.4, -0.2) is 17.3 Å². The lowest BCUT2D eigenvalue weighted by molar-refractivity contribution is 0.113. The van der Waals surface area contributed by atoms with Gasteiger partial charge in [0.05, 0.1) is 6.61 Å². The Labute approximate surface area is 63.4 Å². The van der Waals surface area contributed by atoms with Crippen molar-refractivity contribution in [3.05, 3.63) is 0 Å². The number of hydrogen-bond acceptors (Lipinski definition) is 2. The zero-order chi connectivity index (χ0) is 8.36. The molecule has 0 aliphatic carbocycles. The van der Waals surface area contributed by atoms with E-state index in [0.29, 0.717) is 11.8 Å². The molecule has 3 N–H and O–H groups in total. The first-order valence-corrected chi connectivity index (χ1v) is 3.85. The fourth-order valence-electron chi connectivity index (χ4n) is 1.03. The Bertz CT molecular complexity index is 91.4. The van der Waals surface area contributed by atoms with Gasteiger partial charge in [-0.25, -0.2) is 0 Å². The van der Waals surface area contributed by atoms with Crippen molar-refractivity contribution in [1.29, 1.82) is 0 Å². The number of aliphatic hydroxyl groups is 1. The fraction of sp³-hybridized carbons (Fsp3) is 1.00. The zero-order valence-corrected chi connectivity index (χ0v) is 7.39. The largest absolute Gasteiger partial charge is 0.394 e. The van der Waals surface area contributed by atoms with Gasteiger partial charge in [-0.3, -0.25) is 0 Å². The highest BCUT2D eigenvalue weighted by atomic mass is 16.3. The minimum absolute atomic E-state index is 0.0718. The molecule has 2 heteroatoms. The lowest BCUT2D eigenvalue weighted by Gasteiger charge is -2.35. The van der Waals surface area contributed by atoms with Gasteiger partial charge >= 0.3 is 0 Å². The van der Waals surface area contributed by atoms with Crippen LogP contribution in [0.5, 0.6) is 0 Å². The minimum Gasteiger partial charge on any atom is -0.394 e. The third-order valence-electron chi connectivity index (χ3n) is 2.42. The van der Waals surface area contributed by atoms with E-state index in [9.17, 15) is 0 Å². The highest BCUT2D eigenvalue weighted by Crippen LogP contribution is 2.22. The predicted molar refractivity (Wildman–Crippen MR) is 43.7 cm³/mol. The second kappa shape index (κ2) is 3.35. The summed E-state index contributed by atoms with van der Waals surface area (Å²) in [7, 11) is 0. The number of nitrogens with two attached hydrogens (primary N) is 1. The van der Waals surface area contributed by atoms with E-state index in [1.807, 2.05) is 27.7 Å². The van der Waals surface area contributed by atoms with Crippen molar-refractivity contribution in [3.8, 4) is 0 Å². The van der Waals surface area contributed by atoms with Crippen LogP contribution in [-0.2, 0) is 0 Å². The van der Waals surface area contributed by atoms with Crippen LogP contribution in [0.4, 0.5) is 0 Å². The first kappa shape index (κ1) is 9.92. The lowest BCUT2D eigenvalue weighted by atomic mass is 9.79. The average Bonchev–Trinajstić information content (AvgIpc) is 1.85. The Morgan fingerprint density at radius 2 is 1.50 bits per heavy atom. The maximum absolute atomic E-state index is 9.00. The maximum atomic E-state index is 9.00. The van der Waals surface area contributed by atoms with Crippen molar-refractivity contribution in [2.24, 2.45) is 17.6 Å². The van der Waals surface area contributed by atoms with Gasteiger partial charge in [0.1, 0.15) is 0 Å². The van der Waals surface area contributed by atoms with Gasteiger partial charge in [0, 0.05) is 5.54 Å². The summed E-state index contributed by atoms with van der Waals surface area (Å²) in [6.07, 6.45) is 0. The predicted octanol–water partition coefficient (Wildman–Crippen LogP) is 0.988. The number of rotatable bonds is 3. The summed E-state index contributed by atoms with van der Waals surface area (Å²) < 4.78 is 0. The molecule has 0 fully saturated rings. The van der Waals surface area contributed by atoms with E-state index >= 15 is 0 Å². The smallest absolute Gasteiger partial charge is 0.0616 e. The van der Waals surface area contributed by atoms with Crippen LogP contribution in [0, 0.1) is 11.8 Å². The van der Waals surface area contributed by atoms with Gasteiger partial charge in [0.2, 0.25) is 0 Å². The second-order valence-electron chi connectivity index (χ2n) is 3.58. The van der Waals surface area contributed by atoms with Crippen LogP contribution in [0.15, 0.2) is 0 Å². The fourth-order valence-corrected chi connectivity index (χ4v) is 1.03. The first-order valence-electron chi connectivity index (χ1n) is 3.85. The van der Waals surface area contributed by atoms with Gasteiger partial charge < -0.3 is 10.8 Å². The van der Waals surface area contributed by atoms with Gasteiger partial charge in [-0.2, -0.15) is 0 Å². The topological polar surface area (TPSA) is 46.2 Å². The van der Waals surface area contributed by atoms with Gasteiger partial charge in [0.25, 0.3) is 0 Å². The van der Waals surface area contributed by atoms with E-state index in [1.165, 1.54) is 0 Å². The highest BCUT2D eigenvalue weighted by molar-refractivity contribution is 4.89. The summed E-state index contributed by atoms with van der Waals surface area (Å²) in [6.45, 7) is 8.22. The van der Waals surface area contributed by atoms with E-state index in [0.717, 1.165) is 0 Å². The molecule has 2 nitrogen and oxygen atoms in total. The maximum Gasteiger partial charge on any atom is 0.0616 e. The van der Waals surface area contributed by atoms with Gasteiger partial charge in [-0.05, 0) is 11.8 Å². The molecule has 0 atom stereocenters. The molecule has 0 aromatic rings. The van der Waals surface area contributed by atoms with Crippen molar-refractivity contribution >= 4 is 0 Å². The van der Waals surface area contributed by atoms with Crippen molar-refractivity contribution < 1.29 is 5.11 Å². The quantitative estimate of drug-likeness (QED) is 0.622. The van der Waals surface area contributed by atoms with Crippen LogP contribution in [0.1, 0.15) is 27.7 Å². The van der Waals surface area contributed by atoms with Crippen LogP contribution >= 0.6 is 0 Å². The molecule has 0 saturated heterocycles. The third kappa shape index (κ3) is 1.70. The normalized spacial score (nSPS) is 13.2. The van der Waals surface area contributed by atoms with E-state index in [4.69, 9.17) is 10.8 Å². The van der Waals surface area contributed by atoms with Crippen molar-refractivity contribution in [2.75, 3.05) is 6.61 Å². The molecule has 0 aromatic heterocycles. The molecule has 0 bridgehead atoms. The minimum atomic E-state index is -0.403. The van der Waals surface area contributed by atoms with Crippen LogP contribution < -0.4 is 5.73 Å². The third-order valence-corrected chi connectivity index (χ3v) is 2.42. The molecule has 0 heterocycles. The molecule has 0 saturated carbocycles.